The molecule has 4 heterocycles. The lowest BCUT2D eigenvalue weighted by Gasteiger charge is -2.36. The second-order valence-corrected chi connectivity index (χ2v) is 10.4. The van der Waals surface area contributed by atoms with Gasteiger partial charge in [0, 0.05) is 43.4 Å². The molecule has 2 aliphatic rings. The van der Waals surface area contributed by atoms with Crippen LogP contribution in [0.3, 0.4) is 0 Å². The van der Waals surface area contributed by atoms with Crippen LogP contribution in [0.15, 0.2) is 48.8 Å². The summed E-state index contributed by atoms with van der Waals surface area (Å²) in [5, 5.41) is 5.78. The summed E-state index contributed by atoms with van der Waals surface area (Å²) in [4.78, 5) is 26.4. The van der Waals surface area contributed by atoms with E-state index >= 15 is 0 Å². The summed E-state index contributed by atoms with van der Waals surface area (Å²) in [7, 11) is 3.51. The lowest BCUT2D eigenvalue weighted by Crippen LogP contribution is -2.52. The minimum atomic E-state index is -1.08. The topological polar surface area (TPSA) is 128 Å². The number of likely N-dealkylation sites (tertiary alicyclic amines) is 1. The second kappa shape index (κ2) is 9.53. The van der Waals surface area contributed by atoms with Gasteiger partial charge in [0.2, 0.25) is 5.91 Å². The summed E-state index contributed by atoms with van der Waals surface area (Å²) in [6, 6.07) is 14.0. The number of carbonyl (C=O) groups is 1. The molecule has 39 heavy (non-hydrogen) atoms. The van der Waals surface area contributed by atoms with E-state index in [-0.39, 0.29) is 6.04 Å². The third-order valence-electron chi connectivity index (χ3n) is 8.57. The van der Waals surface area contributed by atoms with Crippen LogP contribution >= 0.6 is 0 Å². The predicted molar refractivity (Wildman–Crippen MR) is 152 cm³/mol. The molecule has 10 heteroatoms. The average Bonchev–Trinajstić information content (AvgIpc) is 3.50. The fourth-order valence-electron chi connectivity index (χ4n) is 6.36. The van der Waals surface area contributed by atoms with Gasteiger partial charge in [-0.05, 0) is 37.1 Å². The van der Waals surface area contributed by atoms with E-state index in [4.69, 9.17) is 21.3 Å². The van der Waals surface area contributed by atoms with E-state index in [0.717, 1.165) is 60.3 Å². The van der Waals surface area contributed by atoms with Crippen molar-refractivity contribution in [2.24, 2.45) is 5.73 Å². The number of hydrogen-bond donors (Lipinski definition) is 2. The Kier molecular flexibility index (Phi) is 6.14. The Labute approximate surface area is 227 Å². The molecule has 1 unspecified atom stereocenters. The summed E-state index contributed by atoms with van der Waals surface area (Å²) in [6.45, 7) is 5.28. The number of methoxy groups -OCH3 is 1. The number of nitrogen functional groups attached to an aromatic ring is 1. The Morgan fingerprint density at radius 3 is 2.62 bits per heavy atom. The van der Waals surface area contributed by atoms with Gasteiger partial charge < -0.3 is 26.0 Å². The quantitative estimate of drug-likeness (QED) is 0.392. The van der Waals surface area contributed by atoms with E-state index in [1.807, 2.05) is 59.1 Å². The predicted octanol–water partition coefficient (Wildman–Crippen LogP) is 3.11. The first kappa shape index (κ1) is 25.1. The number of benzene rings is 2. The highest BCUT2D eigenvalue weighted by atomic mass is 16.5. The smallest absolute Gasteiger partial charge is 0.248 e. The van der Waals surface area contributed by atoms with Crippen molar-refractivity contribution in [2.45, 2.75) is 37.8 Å². The van der Waals surface area contributed by atoms with Gasteiger partial charge in [0.15, 0.2) is 11.2 Å². The highest BCUT2D eigenvalue weighted by Crippen LogP contribution is 2.47. The van der Waals surface area contributed by atoms with Gasteiger partial charge in [-0.15, -0.1) is 0 Å². The lowest BCUT2D eigenvalue weighted by atomic mass is 9.84. The zero-order valence-electron chi connectivity index (χ0n) is 22.6. The van der Waals surface area contributed by atoms with Crippen molar-refractivity contribution in [3.63, 3.8) is 0 Å². The molecule has 2 aliphatic heterocycles. The maximum absolute atomic E-state index is 13.1. The van der Waals surface area contributed by atoms with Crippen molar-refractivity contribution < 1.29 is 9.53 Å². The second-order valence-electron chi connectivity index (χ2n) is 10.4. The summed E-state index contributed by atoms with van der Waals surface area (Å²) >= 11 is 0. The van der Waals surface area contributed by atoms with E-state index in [9.17, 15) is 4.79 Å². The van der Waals surface area contributed by atoms with Gasteiger partial charge in [-0.25, -0.2) is 14.6 Å². The first-order valence-electron chi connectivity index (χ1n) is 13.4. The molecule has 0 spiro atoms. The highest BCUT2D eigenvalue weighted by molar-refractivity contribution is 5.99. The van der Waals surface area contributed by atoms with Crippen LogP contribution in [-0.2, 0) is 16.8 Å². The molecule has 0 aliphatic carbocycles. The molecule has 0 radical (unpaired) electrons. The summed E-state index contributed by atoms with van der Waals surface area (Å²) in [5.41, 5.74) is 16.4. The van der Waals surface area contributed by atoms with E-state index in [0.29, 0.717) is 29.2 Å². The first-order valence-corrected chi connectivity index (χ1v) is 13.4. The molecule has 4 N–H and O–H groups in total. The first-order chi connectivity index (χ1) is 18.9. The molecule has 1 atom stereocenters. The van der Waals surface area contributed by atoms with Crippen LogP contribution < -0.4 is 21.1 Å². The monoisotopic (exact) mass is 526 g/mol. The van der Waals surface area contributed by atoms with Crippen molar-refractivity contribution in [3.05, 3.63) is 59.9 Å². The number of fused-ring (bicyclic) bond motifs is 2. The molecule has 1 amide bonds. The summed E-state index contributed by atoms with van der Waals surface area (Å²) in [6.07, 6.45) is 3.93. The number of amides is 1. The molecular formula is C29H34N8O2. The molecule has 202 valence electrons. The third kappa shape index (κ3) is 3.81. The molecular weight excluding hydrogens is 492 g/mol. The number of ether oxygens (including phenoxy) is 1. The number of aromatic nitrogens is 4. The maximum atomic E-state index is 13.1. The van der Waals surface area contributed by atoms with Crippen molar-refractivity contribution >= 4 is 28.4 Å². The van der Waals surface area contributed by atoms with Gasteiger partial charge in [-0.3, -0.25) is 4.79 Å². The fraction of sp³-hybridized carbons (Fsp3) is 0.379. The highest BCUT2D eigenvalue weighted by Gasteiger charge is 2.50. The molecule has 2 aromatic carbocycles. The van der Waals surface area contributed by atoms with Gasteiger partial charge in [0.1, 0.15) is 23.6 Å². The molecule has 1 saturated heterocycles. The van der Waals surface area contributed by atoms with E-state index < -0.39 is 11.4 Å². The van der Waals surface area contributed by atoms with E-state index in [1.165, 1.54) is 6.33 Å². The molecule has 0 saturated carbocycles. The molecule has 1 fully saturated rings. The molecule has 6 rings (SSSR count). The van der Waals surface area contributed by atoms with Crippen LogP contribution in [0.2, 0.25) is 0 Å². The van der Waals surface area contributed by atoms with Crippen LogP contribution in [0, 0.1) is 0 Å². The number of nitrogens with two attached hydrogens (primary N) is 2. The van der Waals surface area contributed by atoms with E-state index in [2.05, 4.69) is 21.8 Å². The van der Waals surface area contributed by atoms with E-state index in [1.54, 1.807) is 7.11 Å². The number of anilines is 2. The van der Waals surface area contributed by atoms with Crippen molar-refractivity contribution in [1.82, 2.24) is 24.6 Å². The van der Waals surface area contributed by atoms with Gasteiger partial charge in [-0.1, -0.05) is 37.3 Å². The standard InChI is InChI=1S/C29H34N8O2/c1-4-36-13-11-20(12-14-36)37-27-24(26(30)32-17-33-27)25(34-37)18-9-10-21(23(15-18)39-3)29(28(31)38)16-19-7-5-6-8-22(19)35(29)2/h5-10,15,17,20H,4,11-14,16H2,1-3H3,(H2,31,38)(H2,30,32,33). The van der Waals surface area contributed by atoms with Crippen LogP contribution in [0.25, 0.3) is 22.3 Å². The Morgan fingerprint density at radius 1 is 1.15 bits per heavy atom. The molecule has 4 aromatic rings. The number of likely N-dealkylation sites (N-methyl/N-ethyl adjacent to an activating group) is 1. The number of nitrogens with zero attached hydrogens (tertiary/aromatic N) is 6. The molecule has 10 nitrogen and oxygen atoms in total. The Balaban J connectivity index is 1.46. The number of rotatable bonds is 6. The Hall–Kier alpha value is -4.18. The molecule has 0 bridgehead atoms. The minimum Gasteiger partial charge on any atom is -0.496 e. The fourth-order valence-corrected chi connectivity index (χ4v) is 6.36. The largest absolute Gasteiger partial charge is 0.496 e. The van der Waals surface area contributed by atoms with Gasteiger partial charge in [0.25, 0.3) is 0 Å². The van der Waals surface area contributed by atoms with Gasteiger partial charge in [-0.2, -0.15) is 5.10 Å². The SMILES string of the molecule is CCN1CCC(n2nc(-c3ccc(C4(C(N)=O)Cc5ccccc5N4C)c(OC)c3)c3c(N)ncnc32)CC1. The third-order valence-corrected chi connectivity index (χ3v) is 8.57. The van der Waals surface area contributed by atoms with Gasteiger partial charge >= 0.3 is 0 Å². The summed E-state index contributed by atoms with van der Waals surface area (Å²) < 4.78 is 7.91. The zero-order chi connectivity index (χ0) is 27.3. The van der Waals surface area contributed by atoms with Gasteiger partial charge in [0.05, 0.1) is 18.5 Å². The minimum absolute atomic E-state index is 0.225. The van der Waals surface area contributed by atoms with Crippen molar-refractivity contribution in [3.8, 4) is 17.0 Å². The van der Waals surface area contributed by atoms with Crippen LogP contribution in [0.5, 0.6) is 5.75 Å². The Bertz CT molecular complexity index is 1560. The average molecular weight is 527 g/mol. The van der Waals surface area contributed by atoms with Crippen LogP contribution in [0.4, 0.5) is 11.5 Å². The maximum Gasteiger partial charge on any atom is 0.248 e. The lowest BCUT2D eigenvalue weighted by molar-refractivity contribution is -0.123. The number of primary amides is 1. The Morgan fingerprint density at radius 2 is 1.92 bits per heavy atom. The van der Waals surface area contributed by atoms with Crippen LogP contribution in [0.1, 0.15) is 36.9 Å². The summed E-state index contributed by atoms with van der Waals surface area (Å²) in [5.74, 6) is 0.508. The number of carbonyl (C=O) groups excluding carboxylic acids is 1. The van der Waals surface area contributed by atoms with Crippen molar-refractivity contribution in [1.29, 1.82) is 0 Å². The molecule has 2 aromatic heterocycles. The number of para-hydroxylation sites is 1. The normalized spacial score (nSPS) is 19.9. The van der Waals surface area contributed by atoms with Crippen LogP contribution in [-0.4, -0.2) is 64.3 Å². The van der Waals surface area contributed by atoms with Crippen molar-refractivity contribution in [2.75, 3.05) is 44.4 Å². The number of hydrogen-bond acceptors (Lipinski definition) is 8. The number of piperidine rings is 1. The zero-order valence-corrected chi connectivity index (χ0v) is 22.6.